The fourth-order valence-electron chi connectivity index (χ4n) is 3.91. The SMILES string of the molecule is CCNC(=NCc1ccc(-n2nc(C)cc2C)nc1)NCC(C(C)C)N1CCOCC1. The molecule has 8 nitrogen and oxygen atoms in total. The number of rotatable bonds is 8. The Balaban J connectivity index is 1.61. The lowest BCUT2D eigenvalue weighted by atomic mass is 10.0. The molecule has 1 aliphatic rings. The zero-order chi connectivity index (χ0) is 22.2. The first-order valence-electron chi connectivity index (χ1n) is 11.3. The van der Waals surface area contributed by atoms with Gasteiger partial charge in [-0.1, -0.05) is 19.9 Å². The van der Waals surface area contributed by atoms with Crippen molar-refractivity contribution >= 4 is 5.96 Å². The van der Waals surface area contributed by atoms with Crippen LogP contribution in [0, 0.1) is 19.8 Å². The Kier molecular flexibility index (Phi) is 8.43. The average molecular weight is 428 g/mol. The smallest absolute Gasteiger partial charge is 0.191 e. The van der Waals surface area contributed by atoms with Crippen molar-refractivity contribution in [2.45, 2.75) is 47.2 Å². The lowest BCUT2D eigenvalue weighted by Crippen LogP contribution is -2.52. The van der Waals surface area contributed by atoms with Gasteiger partial charge in [-0.05, 0) is 44.4 Å². The summed E-state index contributed by atoms with van der Waals surface area (Å²) < 4.78 is 7.38. The zero-order valence-electron chi connectivity index (χ0n) is 19.6. The minimum atomic E-state index is 0.453. The first-order chi connectivity index (χ1) is 15.0. The van der Waals surface area contributed by atoms with Gasteiger partial charge in [0, 0.05) is 44.1 Å². The number of pyridine rings is 1. The summed E-state index contributed by atoms with van der Waals surface area (Å²) in [6.07, 6.45) is 1.88. The fourth-order valence-corrected chi connectivity index (χ4v) is 3.91. The third-order valence-electron chi connectivity index (χ3n) is 5.56. The molecule has 0 radical (unpaired) electrons. The van der Waals surface area contributed by atoms with Gasteiger partial charge in [0.2, 0.25) is 0 Å². The minimum absolute atomic E-state index is 0.453. The van der Waals surface area contributed by atoms with Crippen molar-refractivity contribution in [3.8, 4) is 5.82 Å². The molecule has 3 rings (SSSR count). The zero-order valence-corrected chi connectivity index (χ0v) is 19.6. The van der Waals surface area contributed by atoms with Crippen LogP contribution in [0.5, 0.6) is 0 Å². The van der Waals surface area contributed by atoms with Crippen LogP contribution in [-0.2, 0) is 11.3 Å². The maximum atomic E-state index is 5.52. The molecule has 0 amide bonds. The minimum Gasteiger partial charge on any atom is -0.379 e. The van der Waals surface area contributed by atoms with Crippen LogP contribution >= 0.6 is 0 Å². The highest BCUT2D eigenvalue weighted by atomic mass is 16.5. The van der Waals surface area contributed by atoms with Crippen LogP contribution in [0.3, 0.4) is 0 Å². The predicted octanol–water partition coefficient (Wildman–Crippen LogP) is 2.30. The Labute approximate surface area is 186 Å². The molecule has 0 aliphatic carbocycles. The first kappa shape index (κ1) is 23.2. The number of aryl methyl sites for hydroxylation is 2. The Morgan fingerprint density at radius 2 is 1.97 bits per heavy atom. The van der Waals surface area contributed by atoms with E-state index in [4.69, 9.17) is 9.73 Å². The maximum absolute atomic E-state index is 5.52. The van der Waals surface area contributed by atoms with E-state index in [9.17, 15) is 0 Å². The van der Waals surface area contributed by atoms with Crippen molar-refractivity contribution < 1.29 is 4.74 Å². The number of ether oxygens (including phenoxy) is 1. The number of nitrogens with zero attached hydrogens (tertiary/aromatic N) is 5. The van der Waals surface area contributed by atoms with Crippen LogP contribution < -0.4 is 10.6 Å². The summed E-state index contributed by atoms with van der Waals surface area (Å²) in [4.78, 5) is 11.9. The first-order valence-corrected chi connectivity index (χ1v) is 11.3. The van der Waals surface area contributed by atoms with Gasteiger partial charge in [-0.3, -0.25) is 4.90 Å². The van der Waals surface area contributed by atoms with Gasteiger partial charge in [0.15, 0.2) is 11.8 Å². The average Bonchev–Trinajstić information content (AvgIpc) is 3.11. The molecule has 2 aromatic heterocycles. The molecule has 1 unspecified atom stereocenters. The lowest BCUT2D eigenvalue weighted by molar-refractivity contribution is 0.00752. The number of hydrogen-bond acceptors (Lipinski definition) is 5. The third kappa shape index (κ3) is 6.51. The fraction of sp³-hybridized carbons (Fsp3) is 0.609. The monoisotopic (exact) mass is 427 g/mol. The van der Waals surface area contributed by atoms with E-state index in [1.54, 1.807) is 0 Å². The van der Waals surface area contributed by atoms with Gasteiger partial charge in [0.25, 0.3) is 0 Å². The molecular formula is C23H37N7O. The van der Waals surface area contributed by atoms with Crippen molar-refractivity contribution in [1.29, 1.82) is 0 Å². The topological polar surface area (TPSA) is 79.6 Å². The quantitative estimate of drug-likeness (QED) is 0.497. The van der Waals surface area contributed by atoms with Gasteiger partial charge in [-0.2, -0.15) is 5.10 Å². The molecule has 1 saturated heterocycles. The summed E-state index contributed by atoms with van der Waals surface area (Å²) in [5.41, 5.74) is 3.14. The van der Waals surface area contributed by atoms with Crippen LogP contribution in [0.1, 0.15) is 37.7 Å². The highest BCUT2D eigenvalue weighted by Gasteiger charge is 2.23. The molecule has 0 aromatic carbocycles. The second kappa shape index (κ2) is 11.2. The van der Waals surface area contributed by atoms with Crippen LogP contribution in [0.25, 0.3) is 5.82 Å². The summed E-state index contributed by atoms with van der Waals surface area (Å²) >= 11 is 0. The van der Waals surface area contributed by atoms with Crippen molar-refractivity contribution in [2.75, 3.05) is 39.4 Å². The highest BCUT2D eigenvalue weighted by Crippen LogP contribution is 2.13. The van der Waals surface area contributed by atoms with E-state index >= 15 is 0 Å². The maximum Gasteiger partial charge on any atom is 0.191 e. The second-order valence-electron chi connectivity index (χ2n) is 8.40. The van der Waals surface area contributed by atoms with Gasteiger partial charge < -0.3 is 15.4 Å². The van der Waals surface area contributed by atoms with Crippen LogP contribution in [0.15, 0.2) is 29.4 Å². The third-order valence-corrected chi connectivity index (χ3v) is 5.56. The van der Waals surface area contributed by atoms with E-state index in [0.717, 1.165) is 68.1 Å². The molecule has 0 spiro atoms. The second-order valence-corrected chi connectivity index (χ2v) is 8.40. The van der Waals surface area contributed by atoms with E-state index in [2.05, 4.69) is 58.5 Å². The Morgan fingerprint density at radius 3 is 2.55 bits per heavy atom. The predicted molar refractivity (Wildman–Crippen MR) is 125 cm³/mol. The molecule has 2 aromatic rings. The van der Waals surface area contributed by atoms with E-state index < -0.39 is 0 Å². The standard InChI is InChI=1S/C23H37N7O/c1-6-24-23(27-16-21(17(2)3)29-9-11-31-12-10-29)26-15-20-7-8-22(25-14-20)30-19(5)13-18(4)28-30/h7-8,13-14,17,21H,6,9-12,15-16H2,1-5H3,(H2,24,26,27). The number of morpholine rings is 1. The lowest BCUT2D eigenvalue weighted by Gasteiger charge is -2.37. The van der Waals surface area contributed by atoms with E-state index in [0.29, 0.717) is 18.5 Å². The largest absolute Gasteiger partial charge is 0.379 e. The normalized spacial score (nSPS) is 16.5. The summed E-state index contributed by atoms with van der Waals surface area (Å²) in [6, 6.07) is 6.57. The molecule has 0 saturated carbocycles. The molecule has 170 valence electrons. The number of guanidine groups is 1. The molecule has 8 heteroatoms. The number of aliphatic imine (C=N–C) groups is 1. The van der Waals surface area contributed by atoms with Gasteiger partial charge in [0.05, 0.1) is 25.5 Å². The summed E-state index contributed by atoms with van der Waals surface area (Å²) in [6.45, 7) is 16.5. The molecule has 1 aliphatic heterocycles. The molecule has 0 bridgehead atoms. The molecule has 2 N–H and O–H groups in total. The van der Waals surface area contributed by atoms with Gasteiger partial charge in [-0.25, -0.2) is 14.7 Å². The Bertz CT molecular complexity index is 838. The molecule has 31 heavy (non-hydrogen) atoms. The molecule has 3 heterocycles. The van der Waals surface area contributed by atoms with Crippen molar-refractivity contribution in [2.24, 2.45) is 10.9 Å². The summed E-state index contributed by atoms with van der Waals surface area (Å²) in [7, 11) is 0. The highest BCUT2D eigenvalue weighted by molar-refractivity contribution is 5.79. The van der Waals surface area contributed by atoms with Gasteiger partial charge in [0.1, 0.15) is 0 Å². The Morgan fingerprint density at radius 1 is 1.19 bits per heavy atom. The molecule has 1 atom stereocenters. The Hall–Kier alpha value is -2.45. The summed E-state index contributed by atoms with van der Waals surface area (Å²) in [5, 5.41) is 11.4. The van der Waals surface area contributed by atoms with E-state index in [1.165, 1.54) is 0 Å². The van der Waals surface area contributed by atoms with Crippen molar-refractivity contribution in [3.63, 3.8) is 0 Å². The molecule has 1 fully saturated rings. The van der Waals surface area contributed by atoms with Gasteiger partial charge in [-0.15, -0.1) is 0 Å². The van der Waals surface area contributed by atoms with Gasteiger partial charge >= 0.3 is 0 Å². The van der Waals surface area contributed by atoms with Crippen LogP contribution in [0.2, 0.25) is 0 Å². The van der Waals surface area contributed by atoms with Crippen LogP contribution in [-0.4, -0.2) is 71.1 Å². The summed E-state index contributed by atoms with van der Waals surface area (Å²) in [5.74, 6) is 2.22. The molecular weight excluding hydrogens is 390 g/mol. The van der Waals surface area contributed by atoms with Crippen molar-refractivity contribution in [1.82, 2.24) is 30.3 Å². The van der Waals surface area contributed by atoms with Crippen molar-refractivity contribution in [3.05, 3.63) is 41.3 Å². The van der Waals surface area contributed by atoms with Crippen LogP contribution in [0.4, 0.5) is 0 Å². The van der Waals surface area contributed by atoms with E-state index in [-0.39, 0.29) is 0 Å². The number of aromatic nitrogens is 3. The number of nitrogens with one attached hydrogen (secondary N) is 2. The number of hydrogen-bond donors (Lipinski definition) is 2. The van der Waals surface area contributed by atoms with E-state index in [1.807, 2.05) is 30.8 Å².